The van der Waals surface area contributed by atoms with Gasteiger partial charge in [0.15, 0.2) is 0 Å². The van der Waals surface area contributed by atoms with E-state index in [9.17, 15) is 0 Å². The van der Waals surface area contributed by atoms with Crippen molar-refractivity contribution in [2.45, 2.75) is 72.0 Å². The molecule has 2 atom stereocenters. The van der Waals surface area contributed by atoms with Gasteiger partial charge in [0.1, 0.15) is 11.5 Å². The molecule has 0 aliphatic carbocycles. The quantitative estimate of drug-likeness (QED) is 0.181. The van der Waals surface area contributed by atoms with Crippen molar-refractivity contribution in [3.05, 3.63) is 82.4 Å². The summed E-state index contributed by atoms with van der Waals surface area (Å²) in [6.45, 7) is 11.1. The predicted molar refractivity (Wildman–Crippen MR) is 162 cm³/mol. The van der Waals surface area contributed by atoms with Crippen LogP contribution in [0.25, 0.3) is 0 Å². The standard InChI is InChI=1S/C33H46NO2P/c1-23-19-29(20-24(2)32(23)35-8)37(30-21-25(3)33(36-9)26(4)22-30)27(5)15-13-14-18-31(34(6)7)28-16-11-10-12-17-28/h10-12,16-17,19-22,27,31H,13-15,18H2,1-9H3/t27-,31+/m0/s1. The molecule has 0 N–H and O–H groups in total. The Morgan fingerprint density at radius 2 is 1.14 bits per heavy atom. The van der Waals surface area contributed by atoms with E-state index in [2.05, 4.69) is 108 Å². The van der Waals surface area contributed by atoms with E-state index in [4.69, 9.17) is 9.47 Å². The fourth-order valence-electron chi connectivity index (χ4n) is 5.74. The second-order valence-corrected chi connectivity index (χ2v) is 13.3. The van der Waals surface area contributed by atoms with Crippen molar-refractivity contribution in [3.63, 3.8) is 0 Å². The maximum absolute atomic E-state index is 5.69. The van der Waals surface area contributed by atoms with Crippen molar-refractivity contribution < 1.29 is 9.47 Å². The second-order valence-electron chi connectivity index (χ2n) is 10.6. The molecule has 0 aliphatic rings. The second kappa shape index (κ2) is 13.4. The molecule has 0 saturated carbocycles. The van der Waals surface area contributed by atoms with Gasteiger partial charge in [-0.15, -0.1) is 0 Å². The molecule has 0 saturated heterocycles. The largest absolute Gasteiger partial charge is 0.496 e. The van der Waals surface area contributed by atoms with Gasteiger partial charge in [0.2, 0.25) is 0 Å². The maximum Gasteiger partial charge on any atom is 0.124 e. The van der Waals surface area contributed by atoms with Crippen LogP contribution in [0.2, 0.25) is 0 Å². The molecule has 0 bridgehead atoms. The Bertz CT molecular complexity index is 1050. The van der Waals surface area contributed by atoms with Crippen LogP contribution in [0.5, 0.6) is 11.5 Å². The third-order valence-corrected chi connectivity index (χ3v) is 10.2. The molecule has 3 aromatic rings. The van der Waals surface area contributed by atoms with Gasteiger partial charge in [0.25, 0.3) is 0 Å². The number of benzene rings is 3. The van der Waals surface area contributed by atoms with Gasteiger partial charge in [-0.1, -0.05) is 50.1 Å². The molecule has 37 heavy (non-hydrogen) atoms. The summed E-state index contributed by atoms with van der Waals surface area (Å²) in [4.78, 5) is 2.36. The minimum Gasteiger partial charge on any atom is -0.496 e. The van der Waals surface area contributed by atoms with Crippen LogP contribution in [0.3, 0.4) is 0 Å². The van der Waals surface area contributed by atoms with E-state index in [1.54, 1.807) is 14.2 Å². The lowest BCUT2D eigenvalue weighted by atomic mass is 9.99. The summed E-state index contributed by atoms with van der Waals surface area (Å²) in [5, 5.41) is 2.88. The number of aryl methyl sites for hydroxylation is 4. The smallest absolute Gasteiger partial charge is 0.124 e. The van der Waals surface area contributed by atoms with Crippen LogP contribution in [0, 0.1) is 27.7 Å². The molecule has 0 heterocycles. The van der Waals surface area contributed by atoms with Crippen molar-refractivity contribution in [2.24, 2.45) is 0 Å². The summed E-state index contributed by atoms with van der Waals surface area (Å²) >= 11 is 0. The molecule has 3 aromatic carbocycles. The number of rotatable bonds is 12. The zero-order chi connectivity index (χ0) is 27.1. The molecule has 0 aromatic heterocycles. The number of unbranched alkanes of at least 4 members (excludes halogenated alkanes) is 1. The highest BCUT2D eigenvalue weighted by Crippen LogP contribution is 2.44. The van der Waals surface area contributed by atoms with Crippen LogP contribution >= 0.6 is 7.92 Å². The van der Waals surface area contributed by atoms with Gasteiger partial charge in [0.05, 0.1) is 14.2 Å². The van der Waals surface area contributed by atoms with Crippen molar-refractivity contribution in [1.29, 1.82) is 0 Å². The Hall–Kier alpha value is -2.35. The van der Waals surface area contributed by atoms with Gasteiger partial charge in [-0.25, -0.2) is 0 Å². The monoisotopic (exact) mass is 519 g/mol. The molecular formula is C33H46NO2P. The molecule has 0 radical (unpaired) electrons. The van der Waals surface area contributed by atoms with Gasteiger partial charge in [-0.05, 0) is 131 Å². The molecule has 4 heteroatoms. The normalized spacial score (nSPS) is 13.2. The first-order valence-electron chi connectivity index (χ1n) is 13.5. The first kappa shape index (κ1) is 29.2. The average molecular weight is 520 g/mol. The van der Waals surface area contributed by atoms with Crippen molar-refractivity contribution in [3.8, 4) is 11.5 Å². The van der Waals surface area contributed by atoms with Crippen LogP contribution in [-0.4, -0.2) is 38.9 Å². The van der Waals surface area contributed by atoms with Gasteiger partial charge in [-0.3, -0.25) is 0 Å². The molecule has 0 fully saturated rings. The summed E-state index contributed by atoms with van der Waals surface area (Å²) < 4.78 is 11.4. The number of ether oxygens (including phenoxy) is 2. The number of methoxy groups -OCH3 is 2. The number of hydrogen-bond donors (Lipinski definition) is 0. The first-order chi connectivity index (χ1) is 17.7. The van der Waals surface area contributed by atoms with Crippen LogP contribution in [0.1, 0.15) is 66.5 Å². The fraction of sp³-hybridized carbons (Fsp3) is 0.455. The lowest BCUT2D eigenvalue weighted by molar-refractivity contribution is 0.277. The lowest BCUT2D eigenvalue weighted by Gasteiger charge is -2.29. The first-order valence-corrected chi connectivity index (χ1v) is 14.9. The molecule has 0 unspecified atom stereocenters. The molecule has 0 amide bonds. The number of nitrogens with zero attached hydrogens (tertiary/aromatic N) is 1. The topological polar surface area (TPSA) is 21.7 Å². The van der Waals surface area contributed by atoms with Crippen LogP contribution in [0.15, 0.2) is 54.6 Å². The molecular weight excluding hydrogens is 473 g/mol. The Morgan fingerprint density at radius 3 is 1.54 bits per heavy atom. The lowest BCUT2D eigenvalue weighted by Crippen LogP contribution is -2.22. The summed E-state index contributed by atoms with van der Waals surface area (Å²) in [7, 11) is 7.41. The van der Waals surface area contributed by atoms with Crippen LogP contribution in [-0.2, 0) is 0 Å². The maximum atomic E-state index is 5.69. The highest BCUT2D eigenvalue weighted by Gasteiger charge is 2.24. The molecule has 0 aliphatic heterocycles. The minimum absolute atomic E-state index is 0.469. The van der Waals surface area contributed by atoms with Crippen molar-refractivity contribution >= 4 is 18.5 Å². The Kier molecular flexibility index (Phi) is 10.6. The SMILES string of the molecule is COc1c(C)cc(P(c2cc(C)c(OC)c(C)c2)[C@@H](C)CCCC[C@H](c2ccccc2)N(C)C)cc1C. The van der Waals surface area contributed by atoms with Gasteiger partial charge in [0, 0.05) is 6.04 Å². The van der Waals surface area contributed by atoms with E-state index in [1.165, 1.54) is 64.1 Å². The Balaban J connectivity index is 1.84. The van der Waals surface area contributed by atoms with E-state index in [0.29, 0.717) is 11.7 Å². The molecule has 3 rings (SSSR count). The fourth-order valence-corrected chi connectivity index (χ4v) is 8.83. The predicted octanol–water partition coefficient (Wildman–Crippen LogP) is 7.62. The zero-order valence-electron chi connectivity index (χ0n) is 24.4. The van der Waals surface area contributed by atoms with Gasteiger partial charge in [-0.2, -0.15) is 0 Å². The van der Waals surface area contributed by atoms with E-state index < -0.39 is 7.92 Å². The third kappa shape index (κ3) is 7.15. The molecule has 200 valence electrons. The van der Waals surface area contributed by atoms with Gasteiger partial charge < -0.3 is 14.4 Å². The third-order valence-electron chi connectivity index (χ3n) is 7.45. The summed E-state index contributed by atoms with van der Waals surface area (Å²) in [6.07, 6.45) is 4.87. The summed E-state index contributed by atoms with van der Waals surface area (Å²) in [5.74, 6) is 2.01. The highest BCUT2D eigenvalue weighted by molar-refractivity contribution is 7.73. The highest BCUT2D eigenvalue weighted by atomic mass is 31.1. The van der Waals surface area contributed by atoms with Crippen LogP contribution < -0.4 is 20.1 Å². The molecule has 3 nitrogen and oxygen atoms in total. The van der Waals surface area contributed by atoms with Crippen molar-refractivity contribution in [1.82, 2.24) is 4.90 Å². The summed E-state index contributed by atoms with van der Waals surface area (Å²) in [5.41, 5.74) is 6.86. The van der Waals surface area contributed by atoms with E-state index in [0.717, 1.165) is 11.5 Å². The minimum atomic E-state index is -0.521. The van der Waals surface area contributed by atoms with Crippen LogP contribution in [0.4, 0.5) is 0 Å². The number of hydrogen-bond acceptors (Lipinski definition) is 3. The summed E-state index contributed by atoms with van der Waals surface area (Å²) in [6, 6.07) is 20.8. The zero-order valence-corrected chi connectivity index (χ0v) is 25.3. The van der Waals surface area contributed by atoms with Crippen molar-refractivity contribution in [2.75, 3.05) is 28.3 Å². The molecule has 0 spiro atoms. The van der Waals surface area contributed by atoms with Gasteiger partial charge >= 0.3 is 0 Å². The van der Waals surface area contributed by atoms with E-state index in [-0.39, 0.29) is 0 Å². The van der Waals surface area contributed by atoms with E-state index in [1.807, 2.05) is 0 Å². The van der Waals surface area contributed by atoms with E-state index >= 15 is 0 Å². The average Bonchev–Trinajstić information content (AvgIpc) is 2.84. The Labute approximate surface area is 227 Å². The Morgan fingerprint density at radius 1 is 0.703 bits per heavy atom.